The number of hydrogen-bond acceptors (Lipinski definition) is 2. The van der Waals surface area contributed by atoms with Crippen molar-refractivity contribution in [1.82, 2.24) is 5.32 Å². The Morgan fingerprint density at radius 1 is 1.38 bits per heavy atom. The summed E-state index contributed by atoms with van der Waals surface area (Å²) in [6.45, 7) is 1.64. The predicted molar refractivity (Wildman–Crippen MR) is 59.2 cm³/mol. The van der Waals surface area contributed by atoms with Crippen LogP contribution in [0, 0.1) is 5.92 Å². The smallest absolute Gasteiger partial charge is 0.251 e. The first kappa shape index (κ1) is 9.58. The third kappa shape index (κ3) is 1.14. The molecule has 1 aliphatic carbocycles. The Bertz CT molecular complexity index is 481. The lowest BCUT2D eigenvalue weighted by atomic mass is 9.62. The van der Waals surface area contributed by atoms with Crippen molar-refractivity contribution >= 4 is 11.7 Å². The van der Waals surface area contributed by atoms with Gasteiger partial charge in [-0.3, -0.25) is 9.59 Å². The molecule has 2 aliphatic rings. The molecule has 3 heteroatoms. The highest BCUT2D eigenvalue weighted by molar-refractivity contribution is 5.98. The third-order valence-corrected chi connectivity index (χ3v) is 3.78. The fourth-order valence-electron chi connectivity index (χ4n) is 2.89. The third-order valence-electron chi connectivity index (χ3n) is 3.78. The Morgan fingerprint density at radius 3 is 2.88 bits per heavy atom. The van der Waals surface area contributed by atoms with Gasteiger partial charge in [0.1, 0.15) is 5.78 Å². The number of ketones is 1. The van der Waals surface area contributed by atoms with E-state index in [2.05, 4.69) is 5.32 Å². The minimum absolute atomic E-state index is 0.00106. The van der Waals surface area contributed by atoms with Gasteiger partial charge in [-0.05, 0) is 25.0 Å². The van der Waals surface area contributed by atoms with Crippen molar-refractivity contribution in [2.75, 3.05) is 0 Å². The molecule has 16 heavy (non-hydrogen) atoms. The first-order valence-corrected chi connectivity index (χ1v) is 5.58. The van der Waals surface area contributed by atoms with E-state index in [4.69, 9.17) is 0 Å². The lowest BCUT2D eigenvalue weighted by molar-refractivity contribution is -0.125. The van der Waals surface area contributed by atoms with Gasteiger partial charge in [0.15, 0.2) is 0 Å². The summed E-state index contributed by atoms with van der Waals surface area (Å²) in [5, 5.41) is 2.97. The Labute approximate surface area is 93.8 Å². The highest BCUT2D eigenvalue weighted by Gasteiger charge is 2.48. The van der Waals surface area contributed by atoms with Crippen molar-refractivity contribution in [3.05, 3.63) is 35.4 Å². The number of carbonyl (C=O) groups is 2. The largest absolute Gasteiger partial charge is 0.349 e. The van der Waals surface area contributed by atoms with Crippen molar-refractivity contribution in [3.63, 3.8) is 0 Å². The summed E-state index contributed by atoms with van der Waals surface area (Å²) in [5.41, 5.74) is 1.78. The summed E-state index contributed by atoms with van der Waals surface area (Å²) < 4.78 is 0. The molecule has 3 rings (SSSR count). The van der Waals surface area contributed by atoms with E-state index in [0.717, 1.165) is 17.5 Å². The van der Waals surface area contributed by atoms with E-state index in [1.165, 1.54) is 0 Å². The van der Waals surface area contributed by atoms with Gasteiger partial charge in [-0.25, -0.2) is 0 Å². The van der Waals surface area contributed by atoms with Crippen LogP contribution in [0.2, 0.25) is 0 Å². The molecule has 1 saturated carbocycles. The maximum absolute atomic E-state index is 11.8. The monoisotopic (exact) mass is 215 g/mol. The van der Waals surface area contributed by atoms with Crippen LogP contribution in [0.3, 0.4) is 0 Å². The number of Topliss-reactive ketones (excluding diaryl/α,β-unsaturated/α-hetero) is 1. The number of hydrogen-bond donors (Lipinski definition) is 1. The first-order chi connectivity index (χ1) is 7.68. The zero-order chi connectivity index (χ0) is 11.3. The molecule has 1 fully saturated rings. The molecule has 0 spiro atoms. The fraction of sp³-hybridized carbons (Fsp3) is 0.385. The Hall–Kier alpha value is -1.64. The molecule has 0 bridgehead atoms. The second-order valence-corrected chi connectivity index (χ2v) is 4.65. The van der Waals surface area contributed by atoms with Gasteiger partial charge in [-0.2, -0.15) is 0 Å². The van der Waals surface area contributed by atoms with Gasteiger partial charge in [0.05, 0.1) is 0 Å². The van der Waals surface area contributed by atoms with Crippen LogP contribution in [-0.4, -0.2) is 17.7 Å². The summed E-state index contributed by atoms with van der Waals surface area (Å²) in [6.07, 6.45) is 0.792. The van der Waals surface area contributed by atoms with Gasteiger partial charge in [-0.1, -0.05) is 18.2 Å². The number of amides is 1. The summed E-state index contributed by atoms with van der Waals surface area (Å²) in [5.74, 6) is 0.518. The number of nitrogens with one attached hydrogen (secondary N) is 1. The number of rotatable bonds is 1. The maximum Gasteiger partial charge on any atom is 0.251 e. The van der Waals surface area contributed by atoms with E-state index in [1.54, 1.807) is 6.92 Å². The molecule has 0 aromatic heterocycles. The van der Waals surface area contributed by atoms with Crippen LogP contribution in [0.5, 0.6) is 0 Å². The van der Waals surface area contributed by atoms with E-state index in [0.29, 0.717) is 0 Å². The first-order valence-electron chi connectivity index (χ1n) is 5.58. The van der Waals surface area contributed by atoms with E-state index < -0.39 is 0 Å². The molecule has 1 amide bonds. The zero-order valence-corrected chi connectivity index (χ0v) is 9.07. The van der Waals surface area contributed by atoms with Gasteiger partial charge in [-0.15, -0.1) is 0 Å². The molecule has 0 radical (unpaired) electrons. The van der Waals surface area contributed by atoms with E-state index in [-0.39, 0.29) is 29.6 Å². The molecule has 1 aromatic carbocycles. The Balaban J connectivity index is 2.06. The standard InChI is InChI=1S/C13H13NO2/c1-7(15)10-6-11-12(10)8-4-2-3-5-9(8)13(16)14-11/h2-5,10-12H,6H2,1H3,(H,14,16)/t10-,11+,12-/m1/s1. The van der Waals surface area contributed by atoms with Crippen LogP contribution in [0.25, 0.3) is 0 Å². The molecule has 1 N–H and O–H groups in total. The van der Waals surface area contributed by atoms with Gasteiger partial charge in [0.2, 0.25) is 0 Å². The SMILES string of the molecule is CC(=O)[C@H]1C[C@@H]2NC(=O)c3ccccc3[C@@H]21. The fourth-order valence-corrected chi connectivity index (χ4v) is 2.89. The average molecular weight is 215 g/mol. The van der Waals surface area contributed by atoms with Crippen molar-refractivity contribution in [2.45, 2.75) is 25.3 Å². The van der Waals surface area contributed by atoms with Crippen molar-refractivity contribution in [1.29, 1.82) is 0 Å². The molecule has 1 aromatic rings. The van der Waals surface area contributed by atoms with Crippen LogP contribution in [0.15, 0.2) is 24.3 Å². The van der Waals surface area contributed by atoms with Gasteiger partial charge < -0.3 is 5.32 Å². The average Bonchev–Trinajstić information content (AvgIpc) is 2.22. The molecule has 82 valence electrons. The number of fused-ring (bicyclic) bond motifs is 3. The molecule has 1 heterocycles. The topological polar surface area (TPSA) is 46.2 Å². The second kappa shape index (κ2) is 3.17. The summed E-state index contributed by atoms with van der Waals surface area (Å²) in [4.78, 5) is 23.2. The maximum atomic E-state index is 11.8. The Kier molecular flexibility index (Phi) is 1.90. The van der Waals surface area contributed by atoms with Crippen LogP contribution in [-0.2, 0) is 4.79 Å². The Morgan fingerprint density at radius 2 is 2.12 bits per heavy atom. The van der Waals surface area contributed by atoms with Gasteiger partial charge in [0, 0.05) is 23.4 Å². The van der Waals surface area contributed by atoms with Crippen LogP contribution >= 0.6 is 0 Å². The quantitative estimate of drug-likeness (QED) is 0.771. The van der Waals surface area contributed by atoms with Crippen molar-refractivity contribution < 1.29 is 9.59 Å². The van der Waals surface area contributed by atoms with Crippen molar-refractivity contribution in [3.8, 4) is 0 Å². The zero-order valence-electron chi connectivity index (χ0n) is 9.07. The number of benzene rings is 1. The molecule has 3 nitrogen and oxygen atoms in total. The highest BCUT2D eigenvalue weighted by Crippen LogP contribution is 2.46. The minimum atomic E-state index is -0.00106. The molecule has 0 saturated heterocycles. The van der Waals surface area contributed by atoms with Crippen LogP contribution < -0.4 is 5.32 Å². The van der Waals surface area contributed by atoms with Crippen LogP contribution in [0.1, 0.15) is 35.2 Å². The normalized spacial score (nSPS) is 30.8. The van der Waals surface area contributed by atoms with Crippen molar-refractivity contribution in [2.24, 2.45) is 5.92 Å². The second-order valence-electron chi connectivity index (χ2n) is 4.65. The minimum Gasteiger partial charge on any atom is -0.349 e. The summed E-state index contributed by atoms with van der Waals surface area (Å²) in [6, 6.07) is 7.76. The lowest BCUT2D eigenvalue weighted by Gasteiger charge is -2.47. The highest BCUT2D eigenvalue weighted by atomic mass is 16.2. The molecular weight excluding hydrogens is 202 g/mol. The summed E-state index contributed by atoms with van der Waals surface area (Å²) in [7, 11) is 0. The molecular formula is C13H13NO2. The molecule has 0 unspecified atom stereocenters. The number of carbonyl (C=O) groups excluding carboxylic acids is 2. The summed E-state index contributed by atoms with van der Waals surface area (Å²) >= 11 is 0. The van der Waals surface area contributed by atoms with E-state index in [9.17, 15) is 9.59 Å². The van der Waals surface area contributed by atoms with Crippen LogP contribution in [0.4, 0.5) is 0 Å². The molecule has 1 aliphatic heterocycles. The van der Waals surface area contributed by atoms with E-state index in [1.807, 2.05) is 24.3 Å². The predicted octanol–water partition coefficient (Wildman–Crippen LogP) is 1.49. The lowest BCUT2D eigenvalue weighted by Crippen LogP contribution is -2.56. The van der Waals surface area contributed by atoms with Gasteiger partial charge >= 0.3 is 0 Å². The van der Waals surface area contributed by atoms with E-state index >= 15 is 0 Å². The van der Waals surface area contributed by atoms with Gasteiger partial charge in [0.25, 0.3) is 5.91 Å². The molecule has 3 atom stereocenters.